The lowest BCUT2D eigenvalue weighted by molar-refractivity contribution is -0.142. The van der Waals surface area contributed by atoms with Crippen LogP contribution in [0.25, 0.3) is 10.9 Å². The lowest BCUT2D eigenvalue weighted by Crippen LogP contribution is -2.48. The molecule has 3 aromatic rings. The fourth-order valence-corrected chi connectivity index (χ4v) is 5.39. The Morgan fingerprint density at radius 1 is 1.11 bits per heavy atom. The van der Waals surface area contributed by atoms with Gasteiger partial charge < -0.3 is 9.80 Å². The van der Waals surface area contributed by atoms with Crippen molar-refractivity contribution in [1.29, 1.82) is 0 Å². The number of hydrogen-bond acceptors (Lipinski definition) is 4. The van der Waals surface area contributed by atoms with Crippen LogP contribution in [0.15, 0.2) is 54.7 Å². The standard InChI is InChI=1S/C29H32N4O3/c1-18(20-9-7-6-8-10-20)33(26(35)28(2,3)4)17-19-11-21-12-22-14-29(25(34)31-27(36)32(29)5)15-23(22)13-24(21)30-16-19/h6-13,16,18H,14-15,17H2,1-5H3,(H,31,34,36)/t18-,29?/m1/s1. The number of carbonyl (C=O) groups excluding carboxylic acids is 3. The molecular formula is C29H32N4O3. The van der Waals surface area contributed by atoms with Crippen molar-refractivity contribution >= 4 is 28.7 Å². The minimum atomic E-state index is -0.860. The molecule has 1 saturated heterocycles. The molecule has 1 aliphatic heterocycles. The van der Waals surface area contributed by atoms with Crippen LogP contribution in [0, 0.1) is 5.41 Å². The molecule has 2 aromatic carbocycles. The number of nitrogens with one attached hydrogen (secondary N) is 1. The molecule has 7 heteroatoms. The van der Waals surface area contributed by atoms with Gasteiger partial charge in [-0.3, -0.25) is 19.9 Å². The second kappa shape index (κ2) is 8.43. The summed E-state index contributed by atoms with van der Waals surface area (Å²) in [7, 11) is 1.68. The lowest BCUT2D eigenvalue weighted by atomic mass is 9.92. The van der Waals surface area contributed by atoms with Gasteiger partial charge in [-0.05, 0) is 47.4 Å². The summed E-state index contributed by atoms with van der Waals surface area (Å²) in [6.07, 6.45) is 2.80. The number of fused-ring (bicyclic) bond motifs is 2. The molecular weight excluding hydrogens is 452 g/mol. The monoisotopic (exact) mass is 484 g/mol. The molecule has 1 aromatic heterocycles. The van der Waals surface area contributed by atoms with E-state index in [-0.39, 0.29) is 23.9 Å². The third kappa shape index (κ3) is 3.92. The number of hydrogen-bond donors (Lipinski definition) is 1. The van der Waals surface area contributed by atoms with Gasteiger partial charge in [-0.1, -0.05) is 51.1 Å². The normalized spacial score (nSPS) is 20.1. The third-order valence-corrected chi connectivity index (χ3v) is 7.62. The first-order valence-corrected chi connectivity index (χ1v) is 12.4. The Bertz CT molecular complexity index is 1380. The maximum Gasteiger partial charge on any atom is 0.324 e. The highest BCUT2D eigenvalue weighted by atomic mass is 16.2. The van der Waals surface area contributed by atoms with Crippen molar-refractivity contribution in [2.45, 2.75) is 58.7 Å². The van der Waals surface area contributed by atoms with Crippen LogP contribution in [0.5, 0.6) is 0 Å². The number of amides is 4. The minimum absolute atomic E-state index is 0.0785. The summed E-state index contributed by atoms with van der Waals surface area (Å²) in [5.41, 5.74) is 3.59. The molecule has 2 atom stereocenters. The van der Waals surface area contributed by atoms with Gasteiger partial charge in [0.05, 0.1) is 11.6 Å². The van der Waals surface area contributed by atoms with Crippen LogP contribution in [0.1, 0.15) is 56.0 Å². The van der Waals surface area contributed by atoms with E-state index in [2.05, 4.69) is 24.4 Å². The molecule has 1 aliphatic carbocycles. The van der Waals surface area contributed by atoms with Crippen LogP contribution in [0.4, 0.5) is 4.79 Å². The van der Waals surface area contributed by atoms with E-state index in [0.29, 0.717) is 19.4 Å². The maximum atomic E-state index is 13.5. The summed E-state index contributed by atoms with van der Waals surface area (Å²) >= 11 is 0. The zero-order valence-electron chi connectivity index (χ0n) is 21.5. The van der Waals surface area contributed by atoms with Gasteiger partial charge in [0.1, 0.15) is 5.54 Å². The van der Waals surface area contributed by atoms with Gasteiger partial charge in [-0.25, -0.2) is 4.79 Å². The Hall–Kier alpha value is -3.74. The van der Waals surface area contributed by atoms with Crippen LogP contribution in [0.3, 0.4) is 0 Å². The van der Waals surface area contributed by atoms with Gasteiger partial charge in [-0.15, -0.1) is 0 Å². The molecule has 0 saturated carbocycles. The smallest absolute Gasteiger partial charge is 0.324 e. The average Bonchev–Trinajstić information content (AvgIpc) is 3.32. The van der Waals surface area contributed by atoms with Crippen LogP contribution in [-0.4, -0.2) is 45.2 Å². The van der Waals surface area contributed by atoms with Crippen molar-refractivity contribution in [3.8, 4) is 0 Å². The Morgan fingerprint density at radius 3 is 2.39 bits per heavy atom. The predicted octanol–water partition coefficient (Wildman–Crippen LogP) is 4.39. The first-order valence-electron chi connectivity index (χ1n) is 12.4. The maximum absolute atomic E-state index is 13.5. The summed E-state index contributed by atoms with van der Waals surface area (Å²) in [5, 5.41) is 3.41. The number of nitrogens with zero attached hydrogens (tertiary/aromatic N) is 3. The van der Waals surface area contributed by atoms with Gasteiger partial charge in [0.2, 0.25) is 5.91 Å². The van der Waals surface area contributed by atoms with Crippen LogP contribution < -0.4 is 5.32 Å². The van der Waals surface area contributed by atoms with Crippen molar-refractivity contribution in [3.05, 3.63) is 77.0 Å². The van der Waals surface area contributed by atoms with E-state index in [9.17, 15) is 14.4 Å². The molecule has 5 rings (SSSR count). The minimum Gasteiger partial charge on any atom is -0.331 e. The highest BCUT2D eigenvalue weighted by Crippen LogP contribution is 2.39. The van der Waals surface area contributed by atoms with E-state index in [1.54, 1.807) is 7.05 Å². The third-order valence-electron chi connectivity index (χ3n) is 7.62. The molecule has 1 unspecified atom stereocenters. The van der Waals surface area contributed by atoms with Gasteiger partial charge in [0, 0.05) is 43.4 Å². The lowest BCUT2D eigenvalue weighted by Gasteiger charge is -2.34. The van der Waals surface area contributed by atoms with Crippen LogP contribution in [0.2, 0.25) is 0 Å². The van der Waals surface area contributed by atoms with E-state index in [1.807, 2.05) is 68.3 Å². The zero-order chi connectivity index (χ0) is 25.8. The molecule has 4 amide bonds. The van der Waals surface area contributed by atoms with Gasteiger partial charge in [0.25, 0.3) is 5.91 Å². The number of aromatic nitrogens is 1. The Morgan fingerprint density at radius 2 is 1.78 bits per heavy atom. The summed E-state index contributed by atoms with van der Waals surface area (Å²) in [6.45, 7) is 8.33. The molecule has 0 bridgehead atoms. The molecule has 36 heavy (non-hydrogen) atoms. The topological polar surface area (TPSA) is 82.6 Å². The summed E-state index contributed by atoms with van der Waals surface area (Å²) in [6, 6.07) is 15.8. The largest absolute Gasteiger partial charge is 0.331 e. The van der Waals surface area contributed by atoms with Crippen molar-refractivity contribution in [3.63, 3.8) is 0 Å². The fraction of sp³-hybridized carbons (Fsp3) is 0.379. The Kier molecular flexibility index (Phi) is 5.62. The quantitative estimate of drug-likeness (QED) is 0.557. The van der Waals surface area contributed by atoms with Gasteiger partial charge >= 0.3 is 6.03 Å². The highest BCUT2D eigenvalue weighted by Gasteiger charge is 2.54. The van der Waals surface area contributed by atoms with Crippen molar-refractivity contribution < 1.29 is 14.4 Å². The number of carbonyl (C=O) groups is 3. The zero-order valence-corrected chi connectivity index (χ0v) is 21.5. The fourth-order valence-electron chi connectivity index (χ4n) is 5.39. The molecule has 1 fully saturated rings. The number of pyridine rings is 1. The summed E-state index contributed by atoms with van der Waals surface area (Å²) in [5.74, 6) is -0.162. The predicted molar refractivity (Wildman–Crippen MR) is 138 cm³/mol. The highest BCUT2D eigenvalue weighted by molar-refractivity contribution is 6.08. The molecule has 2 aliphatic rings. The number of likely N-dealkylation sites (N-methyl/N-ethyl adjacent to an activating group) is 1. The molecule has 1 N–H and O–H groups in total. The molecule has 0 radical (unpaired) electrons. The van der Waals surface area contributed by atoms with Gasteiger partial charge in [0.15, 0.2) is 0 Å². The molecule has 1 spiro atoms. The number of urea groups is 1. The Balaban J connectivity index is 1.47. The molecule has 2 heterocycles. The SMILES string of the molecule is C[C@H](c1ccccc1)N(Cc1cnc2cc3c(cc2c1)CC1(C3)C(=O)NC(=O)N1C)C(=O)C(C)(C)C. The number of rotatable bonds is 4. The van der Waals surface area contributed by atoms with Crippen LogP contribution in [-0.2, 0) is 29.0 Å². The Labute approximate surface area is 211 Å². The van der Waals surface area contributed by atoms with Crippen LogP contribution >= 0.6 is 0 Å². The van der Waals surface area contributed by atoms with Crippen molar-refractivity contribution in [2.24, 2.45) is 5.41 Å². The summed E-state index contributed by atoms with van der Waals surface area (Å²) < 4.78 is 0. The number of imide groups is 1. The average molecular weight is 485 g/mol. The second-order valence-corrected chi connectivity index (χ2v) is 11.1. The van der Waals surface area contributed by atoms with E-state index in [4.69, 9.17) is 4.98 Å². The van der Waals surface area contributed by atoms with E-state index >= 15 is 0 Å². The van der Waals surface area contributed by atoms with Crippen molar-refractivity contribution in [2.75, 3.05) is 7.05 Å². The molecule has 186 valence electrons. The molecule has 7 nitrogen and oxygen atoms in total. The van der Waals surface area contributed by atoms with Gasteiger partial charge in [-0.2, -0.15) is 0 Å². The number of benzene rings is 2. The summed E-state index contributed by atoms with van der Waals surface area (Å²) in [4.78, 5) is 46.4. The second-order valence-electron chi connectivity index (χ2n) is 11.1. The van der Waals surface area contributed by atoms with Crippen molar-refractivity contribution in [1.82, 2.24) is 20.1 Å². The first-order chi connectivity index (χ1) is 17.0. The first kappa shape index (κ1) is 24.0. The van der Waals surface area contributed by atoms with E-state index in [1.165, 1.54) is 4.90 Å². The van der Waals surface area contributed by atoms with E-state index < -0.39 is 11.0 Å². The van der Waals surface area contributed by atoms with E-state index in [0.717, 1.165) is 33.2 Å².